The molecule has 0 saturated carbocycles. The molecule has 4 nitrogen and oxygen atoms in total. The topological polar surface area (TPSA) is 32.3 Å². The lowest BCUT2D eigenvalue weighted by Gasteiger charge is -2.41. The van der Waals surface area contributed by atoms with Crippen LogP contribution in [0.4, 0.5) is 5.13 Å². The summed E-state index contributed by atoms with van der Waals surface area (Å²) in [6.45, 7) is 11.7. The highest BCUT2D eigenvalue weighted by atomic mass is 32.2. The summed E-state index contributed by atoms with van der Waals surface area (Å²) in [7, 11) is -0.142. The first-order valence-electron chi connectivity index (χ1n) is 10.4. The van der Waals surface area contributed by atoms with E-state index in [1.165, 1.54) is 38.7 Å². The van der Waals surface area contributed by atoms with Crippen molar-refractivity contribution in [1.82, 2.24) is 13.7 Å². The molecule has 4 rings (SSSR count). The standard InChI is InChI=1S/C24H30N4S2/c1-17-7-10-21(11-8-17)15-23-25-24(29-26-23)27-12-13-28(20(4)16-27)30(5)22-14-18(2)6-9-19(22)3/h6-11,14,20H,5,12-13,15-16H2,1-4H3. The molecule has 0 radical (unpaired) electrons. The van der Waals surface area contributed by atoms with Crippen LogP contribution in [-0.2, 0) is 6.42 Å². The summed E-state index contributed by atoms with van der Waals surface area (Å²) < 4.78 is 7.17. The van der Waals surface area contributed by atoms with E-state index in [0.717, 1.165) is 37.0 Å². The van der Waals surface area contributed by atoms with Crippen LogP contribution in [0, 0.1) is 20.8 Å². The molecule has 158 valence electrons. The third-order valence-corrected chi connectivity index (χ3v) is 8.53. The lowest BCUT2D eigenvalue weighted by molar-refractivity contribution is 0.335. The number of rotatable bonds is 5. The van der Waals surface area contributed by atoms with Gasteiger partial charge in [0.15, 0.2) is 0 Å². The van der Waals surface area contributed by atoms with Crippen LogP contribution in [0.15, 0.2) is 47.4 Å². The number of nitrogens with zero attached hydrogens (tertiary/aromatic N) is 4. The molecule has 0 spiro atoms. The van der Waals surface area contributed by atoms with Gasteiger partial charge in [-0.15, -0.1) is 0 Å². The Balaban J connectivity index is 1.42. The fraction of sp³-hybridized carbons (Fsp3) is 0.375. The van der Waals surface area contributed by atoms with Gasteiger partial charge in [-0.1, -0.05) is 58.5 Å². The largest absolute Gasteiger partial charge is 0.344 e. The van der Waals surface area contributed by atoms with Gasteiger partial charge < -0.3 is 4.90 Å². The van der Waals surface area contributed by atoms with E-state index in [-0.39, 0.29) is 10.7 Å². The van der Waals surface area contributed by atoms with Crippen molar-refractivity contribution in [3.63, 3.8) is 0 Å². The summed E-state index contributed by atoms with van der Waals surface area (Å²) >= 11 is 1.52. The van der Waals surface area contributed by atoms with Crippen LogP contribution in [0.1, 0.15) is 35.0 Å². The highest BCUT2D eigenvalue weighted by Crippen LogP contribution is 2.36. The van der Waals surface area contributed by atoms with Crippen molar-refractivity contribution in [1.29, 1.82) is 0 Å². The Kier molecular flexibility index (Phi) is 6.37. The van der Waals surface area contributed by atoms with Gasteiger partial charge in [0.25, 0.3) is 0 Å². The monoisotopic (exact) mass is 438 g/mol. The van der Waals surface area contributed by atoms with Crippen LogP contribution in [0.5, 0.6) is 0 Å². The Morgan fingerprint density at radius 2 is 1.80 bits per heavy atom. The van der Waals surface area contributed by atoms with Crippen LogP contribution in [-0.4, -0.2) is 45.2 Å². The summed E-state index contributed by atoms with van der Waals surface area (Å²) in [6.07, 6.45) is 0.793. The molecule has 0 amide bonds. The lowest BCUT2D eigenvalue weighted by atomic mass is 10.1. The number of piperazine rings is 1. The molecule has 0 bridgehead atoms. The zero-order valence-corrected chi connectivity index (χ0v) is 19.9. The molecule has 3 aromatic rings. The summed E-state index contributed by atoms with van der Waals surface area (Å²) in [6, 6.07) is 15.7. The van der Waals surface area contributed by atoms with Crippen LogP contribution in [0.3, 0.4) is 0 Å². The molecule has 30 heavy (non-hydrogen) atoms. The van der Waals surface area contributed by atoms with Crippen LogP contribution in [0.25, 0.3) is 0 Å². The summed E-state index contributed by atoms with van der Waals surface area (Å²) in [5, 5.41) is 1.04. The van der Waals surface area contributed by atoms with Crippen molar-refractivity contribution < 1.29 is 0 Å². The van der Waals surface area contributed by atoms with Gasteiger partial charge in [-0.05, 0) is 50.5 Å². The molecule has 2 unspecified atom stereocenters. The van der Waals surface area contributed by atoms with Crippen LogP contribution in [0.2, 0.25) is 0 Å². The molecule has 2 atom stereocenters. The average molecular weight is 439 g/mol. The number of hydrogen-bond acceptors (Lipinski definition) is 5. The van der Waals surface area contributed by atoms with E-state index >= 15 is 0 Å². The van der Waals surface area contributed by atoms with Gasteiger partial charge in [0, 0.05) is 48.5 Å². The van der Waals surface area contributed by atoms with E-state index < -0.39 is 0 Å². The molecule has 0 aliphatic carbocycles. The Labute approximate surface area is 186 Å². The molecule has 2 aromatic carbocycles. The third kappa shape index (κ3) is 4.66. The summed E-state index contributed by atoms with van der Waals surface area (Å²) in [5.74, 6) is 5.47. The molecule has 6 heteroatoms. The van der Waals surface area contributed by atoms with E-state index in [4.69, 9.17) is 4.98 Å². The molecular weight excluding hydrogens is 408 g/mol. The highest BCUT2D eigenvalue weighted by Gasteiger charge is 2.28. The summed E-state index contributed by atoms with van der Waals surface area (Å²) in [4.78, 5) is 8.60. The van der Waals surface area contributed by atoms with E-state index in [9.17, 15) is 0 Å². The maximum atomic E-state index is 4.84. The number of anilines is 1. The van der Waals surface area contributed by atoms with Gasteiger partial charge in [0.1, 0.15) is 5.82 Å². The second kappa shape index (κ2) is 9.00. The van der Waals surface area contributed by atoms with Crippen molar-refractivity contribution in [2.45, 2.75) is 45.1 Å². The van der Waals surface area contributed by atoms with E-state index in [1.807, 2.05) is 0 Å². The van der Waals surface area contributed by atoms with E-state index in [0.29, 0.717) is 6.04 Å². The Morgan fingerprint density at radius 1 is 1.07 bits per heavy atom. The Hall–Kier alpha value is -2.02. The van der Waals surface area contributed by atoms with Gasteiger partial charge in [-0.25, -0.2) is 9.29 Å². The Bertz CT molecular complexity index is 1040. The van der Waals surface area contributed by atoms with Crippen LogP contribution < -0.4 is 4.90 Å². The first-order chi connectivity index (χ1) is 14.4. The van der Waals surface area contributed by atoms with Gasteiger partial charge in [-0.3, -0.25) is 0 Å². The average Bonchev–Trinajstić information content (AvgIpc) is 3.19. The molecule has 1 aromatic heterocycles. The fourth-order valence-electron chi connectivity index (χ4n) is 3.86. The minimum Gasteiger partial charge on any atom is -0.344 e. The van der Waals surface area contributed by atoms with Crippen molar-refractivity contribution >= 4 is 33.2 Å². The number of hydrogen-bond donors (Lipinski definition) is 0. The second-order valence-electron chi connectivity index (χ2n) is 8.22. The second-order valence-corrected chi connectivity index (χ2v) is 10.6. The zero-order valence-electron chi connectivity index (χ0n) is 18.3. The maximum Gasteiger partial charge on any atom is 0.205 e. The minimum atomic E-state index is -0.142. The van der Waals surface area contributed by atoms with Crippen molar-refractivity contribution in [3.8, 4) is 0 Å². The van der Waals surface area contributed by atoms with Gasteiger partial charge in [-0.2, -0.15) is 4.37 Å². The predicted octanol–water partition coefficient (Wildman–Crippen LogP) is 5.24. The quantitative estimate of drug-likeness (QED) is 0.510. The van der Waals surface area contributed by atoms with Crippen LogP contribution >= 0.6 is 22.2 Å². The van der Waals surface area contributed by atoms with Crippen molar-refractivity contribution in [3.05, 3.63) is 70.5 Å². The summed E-state index contributed by atoms with van der Waals surface area (Å²) in [5.41, 5.74) is 5.18. The Morgan fingerprint density at radius 3 is 2.53 bits per heavy atom. The normalized spacial score (nSPS) is 18.5. The third-order valence-electron chi connectivity index (χ3n) is 5.66. The molecule has 1 aliphatic rings. The van der Waals surface area contributed by atoms with Gasteiger partial charge >= 0.3 is 0 Å². The van der Waals surface area contributed by atoms with Gasteiger partial charge in [0.05, 0.1) is 0 Å². The highest BCUT2D eigenvalue weighted by molar-refractivity contribution is 8.12. The molecule has 1 aliphatic heterocycles. The lowest BCUT2D eigenvalue weighted by Crippen LogP contribution is -2.49. The molecule has 1 saturated heterocycles. The minimum absolute atomic E-state index is 0.142. The predicted molar refractivity (Wildman–Crippen MR) is 131 cm³/mol. The fourth-order valence-corrected chi connectivity index (χ4v) is 6.40. The SMILES string of the molecule is C=S(c1cc(C)ccc1C)N1CCN(c2nc(Cc3ccc(C)cc3)ns2)CC1C. The molecule has 2 heterocycles. The number of aromatic nitrogens is 2. The van der Waals surface area contributed by atoms with Crippen molar-refractivity contribution in [2.75, 3.05) is 24.5 Å². The molecule has 0 N–H and O–H groups in total. The van der Waals surface area contributed by atoms with E-state index in [1.54, 1.807) is 0 Å². The first kappa shape index (κ1) is 21.2. The number of benzene rings is 2. The zero-order chi connectivity index (χ0) is 21.3. The smallest absolute Gasteiger partial charge is 0.205 e. The molecular formula is C24H30N4S2. The van der Waals surface area contributed by atoms with Crippen molar-refractivity contribution in [2.24, 2.45) is 0 Å². The van der Waals surface area contributed by atoms with E-state index in [2.05, 4.69) is 89.6 Å². The molecule has 1 fully saturated rings. The number of aryl methyl sites for hydroxylation is 3. The first-order valence-corrected chi connectivity index (χ1v) is 12.5. The van der Waals surface area contributed by atoms with Gasteiger partial charge in [0.2, 0.25) is 5.13 Å². The maximum absolute atomic E-state index is 4.84.